The fourth-order valence-corrected chi connectivity index (χ4v) is 3.79. The Labute approximate surface area is 162 Å². The third-order valence-electron chi connectivity index (χ3n) is 4.02. The highest BCUT2D eigenvalue weighted by Crippen LogP contribution is 2.41. The molecule has 2 aromatic carbocycles. The van der Waals surface area contributed by atoms with Crippen LogP contribution in [-0.4, -0.2) is 24.0 Å². The summed E-state index contributed by atoms with van der Waals surface area (Å²) in [5.74, 6) is -0.805. The Balaban J connectivity index is 1.76. The molecule has 0 aliphatic carbocycles. The van der Waals surface area contributed by atoms with Gasteiger partial charge in [-0.1, -0.05) is 48.2 Å². The van der Waals surface area contributed by atoms with Gasteiger partial charge in [0.25, 0.3) is 0 Å². The molecular formula is C18H15ClF3N3OS. The Morgan fingerprint density at radius 2 is 1.89 bits per heavy atom. The van der Waals surface area contributed by atoms with E-state index in [1.54, 1.807) is 12.1 Å². The number of nitrogens with one attached hydrogen (secondary N) is 1. The minimum atomic E-state index is -4.51. The van der Waals surface area contributed by atoms with Crippen LogP contribution in [0.15, 0.2) is 64.4 Å². The van der Waals surface area contributed by atoms with Crippen molar-refractivity contribution in [2.75, 3.05) is 7.05 Å². The zero-order chi connectivity index (χ0) is 19.8. The molecule has 0 aromatic heterocycles. The molecule has 3 rings (SSSR count). The Kier molecular flexibility index (Phi) is 5.30. The molecule has 27 heavy (non-hydrogen) atoms. The number of carbonyl (C=O) groups excluding carboxylic acids is 1. The van der Waals surface area contributed by atoms with Gasteiger partial charge in [0.15, 0.2) is 0 Å². The van der Waals surface area contributed by atoms with Crippen LogP contribution >= 0.6 is 23.4 Å². The lowest BCUT2D eigenvalue weighted by Crippen LogP contribution is -2.34. The number of nitrogens with zero attached hydrogens (tertiary/aromatic N) is 1. The topological polar surface area (TPSA) is 58.4 Å². The monoisotopic (exact) mass is 413 g/mol. The molecule has 9 heteroatoms. The highest BCUT2D eigenvalue weighted by Gasteiger charge is 2.41. The van der Waals surface area contributed by atoms with E-state index < -0.39 is 23.2 Å². The first-order chi connectivity index (χ1) is 12.7. The number of nitrogens with two attached hydrogens (primary N) is 1. The van der Waals surface area contributed by atoms with E-state index >= 15 is 0 Å². The maximum absolute atomic E-state index is 12.9. The first-order valence-electron chi connectivity index (χ1n) is 7.79. The van der Waals surface area contributed by atoms with E-state index in [4.69, 9.17) is 17.3 Å². The maximum Gasteiger partial charge on any atom is 0.431 e. The quantitative estimate of drug-likeness (QED) is 0.732. The van der Waals surface area contributed by atoms with Gasteiger partial charge in [-0.3, -0.25) is 4.79 Å². The van der Waals surface area contributed by atoms with E-state index in [0.717, 1.165) is 32.8 Å². The maximum atomic E-state index is 12.9. The second-order valence-electron chi connectivity index (χ2n) is 5.85. The molecule has 0 bridgehead atoms. The zero-order valence-electron chi connectivity index (χ0n) is 14.0. The molecule has 1 amide bonds. The molecule has 2 aromatic rings. The number of alkyl halides is 4. The fraction of sp³-hybridized carbons (Fsp3) is 0.167. The van der Waals surface area contributed by atoms with Gasteiger partial charge in [0.05, 0.1) is 0 Å². The Morgan fingerprint density at radius 1 is 1.22 bits per heavy atom. The Hall–Kier alpha value is -2.32. The molecule has 1 atom stereocenters. The number of hydrogen-bond acceptors (Lipinski definition) is 4. The molecule has 3 N–H and O–H groups in total. The first-order valence-corrected chi connectivity index (χ1v) is 9.11. The van der Waals surface area contributed by atoms with E-state index in [-0.39, 0.29) is 10.9 Å². The van der Waals surface area contributed by atoms with Gasteiger partial charge in [0.1, 0.15) is 21.9 Å². The van der Waals surface area contributed by atoms with Gasteiger partial charge >= 0.3 is 6.18 Å². The fourth-order valence-electron chi connectivity index (χ4n) is 2.65. The van der Waals surface area contributed by atoms with Crippen LogP contribution in [0.2, 0.25) is 0 Å². The number of fused-ring (bicyclic) bond motifs is 1. The zero-order valence-corrected chi connectivity index (χ0v) is 15.6. The van der Waals surface area contributed by atoms with Crippen molar-refractivity contribution in [3.8, 4) is 0 Å². The average molecular weight is 414 g/mol. The molecule has 0 saturated heterocycles. The first kappa shape index (κ1) is 19.4. The third-order valence-corrected chi connectivity index (χ3v) is 5.53. The largest absolute Gasteiger partial charge is 0.431 e. The van der Waals surface area contributed by atoms with E-state index in [1.165, 1.54) is 7.05 Å². The third kappa shape index (κ3) is 4.01. The number of hydrogen-bond donors (Lipinski definition) is 2. The van der Waals surface area contributed by atoms with Gasteiger partial charge in [-0.05, 0) is 22.4 Å². The summed E-state index contributed by atoms with van der Waals surface area (Å²) in [6.45, 7) is 0. The molecule has 1 heterocycles. The minimum absolute atomic E-state index is 0.0815. The van der Waals surface area contributed by atoms with Crippen LogP contribution in [0.1, 0.15) is 10.9 Å². The van der Waals surface area contributed by atoms with E-state index in [9.17, 15) is 18.0 Å². The summed E-state index contributed by atoms with van der Waals surface area (Å²) >= 11 is 7.03. The summed E-state index contributed by atoms with van der Waals surface area (Å²) in [7, 11) is 1.23. The van der Waals surface area contributed by atoms with Gasteiger partial charge in [0.2, 0.25) is 5.91 Å². The van der Waals surface area contributed by atoms with Crippen LogP contribution < -0.4 is 11.1 Å². The van der Waals surface area contributed by atoms with Crippen LogP contribution in [0.3, 0.4) is 0 Å². The van der Waals surface area contributed by atoms with Gasteiger partial charge < -0.3 is 16.0 Å². The standard InChI is InChI=1S/C18H15ClF3N3OS/c1-25-13(18(20,21)22)9-27-17(25)15(23)24-16(26)14(19)12-7-6-10-4-2-3-5-11(10)8-12/h2-9,14H,23H2,1H3,(H,24,26). The number of allylic oxidation sites excluding steroid dienone is 1. The number of amides is 1. The van der Waals surface area contributed by atoms with Crippen molar-refractivity contribution in [1.82, 2.24) is 10.2 Å². The lowest BCUT2D eigenvalue weighted by atomic mass is 10.0. The number of thioether (sulfide) groups is 1. The number of halogens is 4. The predicted molar refractivity (Wildman–Crippen MR) is 101 cm³/mol. The molecule has 0 saturated carbocycles. The van der Waals surface area contributed by atoms with Gasteiger partial charge in [-0.15, -0.1) is 11.6 Å². The molecule has 1 aliphatic rings. The SMILES string of the molecule is CN1C(C(F)(F)F)=CSC1=C(N)NC(=O)C(Cl)c1ccc2ccccc2c1. The number of rotatable bonds is 3. The van der Waals surface area contributed by atoms with Crippen LogP contribution in [0.25, 0.3) is 10.8 Å². The highest BCUT2D eigenvalue weighted by atomic mass is 35.5. The molecule has 4 nitrogen and oxygen atoms in total. The molecule has 0 fully saturated rings. The molecule has 1 aliphatic heterocycles. The highest BCUT2D eigenvalue weighted by molar-refractivity contribution is 8.06. The Bertz CT molecular complexity index is 958. The smallest absolute Gasteiger partial charge is 0.383 e. The average Bonchev–Trinajstić information content (AvgIpc) is 3.02. The van der Waals surface area contributed by atoms with Crippen LogP contribution in [0.5, 0.6) is 0 Å². The Morgan fingerprint density at radius 3 is 2.52 bits per heavy atom. The number of benzene rings is 2. The van der Waals surface area contributed by atoms with Crippen molar-refractivity contribution in [3.63, 3.8) is 0 Å². The summed E-state index contributed by atoms with van der Waals surface area (Å²) in [5, 5.41) is 4.30. The summed E-state index contributed by atoms with van der Waals surface area (Å²) < 4.78 is 38.7. The van der Waals surface area contributed by atoms with E-state index in [0.29, 0.717) is 5.56 Å². The van der Waals surface area contributed by atoms with Crippen LogP contribution in [0, 0.1) is 0 Å². The van der Waals surface area contributed by atoms with Crippen molar-refractivity contribution >= 4 is 40.0 Å². The van der Waals surface area contributed by atoms with Gasteiger partial charge in [0, 0.05) is 12.5 Å². The number of carbonyl (C=O) groups is 1. The minimum Gasteiger partial charge on any atom is -0.383 e. The predicted octanol–water partition coefficient (Wildman–Crippen LogP) is 4.40. The van der Waals surface area contributed by atoms with Crippen molar-refractivity contribution in [2.45, 2.75) is 11.6 Å². The summed E-state index contributed by atoms with van der Waals surface area (Å²) in [6, 6.07) is 13.0. The second-order valence-corrected chi connectivity index (χ2v) is 7.15. The second kappa shape index (κ2) is 7.36. The lowest BCUT2D eigenvalue weighted by molar-refractivity contribution is -0.120. The van der Waals surface area contributed by atoms with E-state index in [1.807, 2.05) is 30.3 Å². The molecule has 142 valence electrons. The van der Waals surface area contributed by atoms with Crippen molar-refractivity contribution in [2.24, 2.45) is 5.73 Å². The van der Waals surface area contributed by atoms with E-state index in [2.05, 4.69) is 5.32 Å². The summed E-state index contributed by atoms with van der Waals surface area (Å²) in [5.41, 5.74) is 5.52. The van der Waals surface area contributed by atoms with Crippen molar-refractivity contribution in [3.05, 3.63) is 70.0 Å². The van der Waals surface area contributed by atoms with Crippen LogP contribution in [-0.2, 0) is 4.79 Å². The van der Waals surface area contributed by atoms with Crippen LogP contribution in [0.4, 0.5) is 13.2 Å². The lowest BCUT2D eigenvalue weighted by Gasteiger charge is -2.21. The molecule has 1 unspecified atom stereocenters. The van der Waals surface area contributed by atoms with Gasteiger partial charge in [-0.2, -0.15) is 13.2 Å². The molecular weight excluding hydrogens is 399 g/mol. The summed E-state index contributed by atoms with van der Waals surface area (Å²) in [6.07, 6.45) is -4.51. The summed E-state index contributed by atoms with van der Waals surface area (Å²) in [4.78, 5) is 13.3. The molecule has 0 spiro atoms. The normalized spacial score (nSPS) is 17.7. The van der Waals surface area contributed by atoms with Crippen molar-refractivity contribution in [1.29, 1.82) is 0 Å². The van der Waals surface area contributed by atoms with Gasteiger partial charge in [-0.25, -0.2) is 0 Å². The van der Waals surface area contributed by atoms with Crippen molar-refractivity contribution < 1.29 is 18.0 Å². The molecule has 0 radical (unpaired) electrons.